The molecule has 2 unspecified atom stereocenters. The molecule has 0 spiro atoms. The number of unbranched alkanes of at least 4 members (excludes halogenated alkanes) is 13. The first-order chi connectivity index (χ1) is 33.5. The van der Waals surface area contributed by atoms with Gasteiger partial charge in [-0.2, -0.15) is 0 Å². The van der Waals surface area contributed by atoms with E-state index in [4.69, 9.17) is 18.5 Å². The first-order valence-corrected chi connectivity index (χ1v) is 28.3. The van der Waals surface area contributed by atoms with Gasteiger partial charge in [0.15, 0.2) is 6.10 Å². The molecule has 0 radical (unpaired) electrons. The maximum absolute atomic E-state index is 12.7. The molecule has 0 aliphatic carbocycles. The van der Waals surface area contributed by atoms with Gasteiger partial charge in [-0.05, 0) is 89.9 Å². The zero-order valence-electron chi connectivity index (χ0n) is 44.2. The van der Waals surface area contributed by atoms with Crippen molar-refractivity contribution in [2.24, 2.45) is 0 Å². The van der Waals surface area contributed by atoms with Crippen LogP contribution in [0.5, 0.6) is 0 Å². The molecule has 0 aliphatic rings. The molecule has 392 valence electrons. The number of phosphoric acid groups is 1. The number of likely N-dealkylation sites (N-methyl/N-ethyl adjacent to an activating group) is 1. The van der Waals surface area contributed by atoms with Crippen LogP contribution in [0.15, 0.2) is 122 Å². The fourth-order valence-corrected chi connectivity index (χ4v) is 7.37. The fraction of sp³-hybridized carbons (Fsp3) is 0.627. The minimum atomic E-state index is -4.39. The van der Waals surface area contributed by atoms with Crippen molar-refractivity contribution in [1.29, 1.82) is 0 Å². The van der Waals surface area contributed by atoms with E-state index in [2.05, 4.69) is 135 Å². The van der Waals surface area contributed by atoms with Crippen molar-refractivity contribution >= 4 is 19.8 Å². The highest BCUT2D eigenvalue weighted by molar-refractivity contribution is 7.47. The number of phosphoric ester groups is 1. The van der Waals surface area contributed by atoms with E-state index in [0.717, 1.165) is 109 Å². The van der Waals surface area contributed by atoms with Crippen molar-refractivity contribution in [2.75, 3.05) is 47.5 Å². The van der Waals surface area contributed by atoms with Gasteiger partial charge in [-0.1, -0.05) is 206 Å². The molecule has 0 rings (SSSR count). The largest absolute Gasteiger partial charge is 0.472 e. The Morgan fingerprint density at radius 3 is 1.23 bits per heavy atom. The molecule has 0 aromatic carbocycles. The monoisotopic (exact) mass is 981 g/mol. The lowest BCUT2D eigenvalue weighted by atomic mass is 10.1. The van der Waals surface area contributed by atoms with E-state index in [1.807, 2.05) is 21.1 Å². The molecule has 0 fully saturated rings. The van der Waals surface area contributed by atoms with Crippen LogP contribution < -0.4 is 0 Å². The van der Waals surface area contributed by atoms with E-state index in [-0.39, 0.29) is 32.0 Å². The van der Waals surface area contributed by atoms with Gasteiger partial charge in [-0.25, -0.2) is 4.57 Å². The second-order valence-electron chi connectivity index (χ2n) is 18.5. The van der Waals surface area contributed by atoms with Crippen molar-refractivity contribution in [3.8, 4) is 0 Å². The highest BCUT2D eigenvalue weighted by Crippen LogP contribution is 2.43. The first-order valence-electron chi connectivity index (χ1n) is 26.8. The zero-order valence-corrected chi connectivity index (χ0v) is 45.1. The summed E-state index contributed by atoms with van der Waals surface area (Å²) in [5.74, 6) is -0.838. The number of hydrogen-bond donors (Lipinski definition) is 1. The Hall–Kier alpha value is -3.59. The summed E-state index contributed by atoms with van der Waals surface area (Å²) in [7, 11) is 1.44. The van der Waals surface area contributed by atoms with E-state index in [1.165, 1.54) is 44.9 Å². The van der Waals surface area contributed by atoms with Crippen molar-refractivity contribution in [3.05, 3.63) is 122 Å². The molecule has 0 heterocycles. The molecular formula is C59H99NO8P+. The number of allylic oxidation sites excluding steroid dienone is 20. The molecule has 0 aromatic heterocycles. The number of hydrogen-bond acceptors (Lipinski definition) is 7. The third-order valence-corrected chi connectivity index (χ3v) is 11.7. The van der Waals surface area contributed by atoms with Crippen LogP contribution in [0.3, 0.4) is 0 Å². The molecule has 69 heavy (non-hydrogen) atoms. The van der Waals surface area contributed by atoms with Crippen LogP contribution in [0, 0.1) is 0 Å². The lowest BCUT2D eigenvalue weighted by molar-refractivity contribution is -0.870. The summed E-state index contributed by atoms with van der Waals surface area (Å²) in [6.07, 6.45) is 69.9. The zero-order chi connectivity index (χ0) is 50.6. The molecular weight excluding hydrogens is 882 g/mol. The number of carbonyl (C=O) groups excluding carboxylic acids is 2. The summed E-state index contributed by atoms with van der Waals surface area (Å²) < 4.78 is 34.3. The molecule has 1 N–H and O–H groups in total. The summed E-state index contributed by atoms with van der Waals surface area (Å²) in [6, 6.07) is 0. The normalized spacial score (nSPS) is 14.3. The molecule has 2 atom stereocenters. The number of esters is 2. The summed E-state index contributed by atoms with van der Waals surface area (Å²) in [5, 5.41) is 0. The smallest absolute Gasteiger partial charge is 0.462 e. The van der Waals surface area contributed by atoms with Crippen LogP contribution in [0.2, 0.25) is 0 Å². The number of rotatable bonds is 47. The van der Waals surface area contributed by atoms with Gasteiger partial charge in [0.1, 0.15) is 19.8 Å². The van der Waals surface area contributed by atoms with Crippen LogP contribution in [-0.4, -0.2) is 74.9 Å². The SMILES string of the molecule is CC/C=C\C/C=C\C/C=C\C/C=C\C/C=C\C/C=C\C/C=C\C/C=C\C/C=C\C/C=C\CCCCCCC(=O)OC(COC(=O)CCCCCCCCCCCC)COP(=O)(O)OCC[N+](C)(C)C. The van der Waals surface area contributed by atoms with E-state index in [0.29, 0.717) is 17.4 Å². The number of carbonyl (C=O) groups is 2. The van der Waals surface area contributed by atoms with Crippen LogP contribution in [0.4, 0.5) is 0 Å². The number of quaternary nitrogens is 1. The fourth-order valence-electron chi connectivity index (χ4n) is 6.63. The molecule has 0 saturated carbocycles. The van der Waals surface area contributed by atoms with Gasteiger partial charge in [-0.15, -0.1) is 0 Å². The third-order valence-electron chi connectivity index (χ3n) is 10.8. The van der Waals surface area contributed by atoms with Crippen LogP contribution in [0.25, 0.3) is 0 Å². The Morgan fingerprint density at radius 2 is 0.826 bits per heavy atom. The minimum absolute atomic E-state index is 0.0209. The van der Waals surface area contributed by atoms with Gasteiger partial charge in [0.05, 0.1) is 27.7 Å². The molecule has 0 amide bonds. The maximum atomic E-state index is 12.7. The molecule has 0 aromatic rings. The van der Waals surface area contributed by atoms with Crippen molar-refractivity contribution in [1.82, 2.24) is 0 Å². The Morgan fingerprint density at radius 1 is 0.464 bits per heavy atom. The molecule has 0 aliphatic heterocycles. The van der Waals surface area contributed by atoms with Crippen molar-refractivity contribution in [3.63, 3.8) is 0 Å². The molecule has 10 heteroatoms. The van der Waals surface area contributed by atoms with Gasteiger partial charge in [-0.3, -0.25) is 18.6 Å². The average molecular weight is 981 g/mol. The van der Waals surface area contributed by atoms with Crippen molar-refractivity contribution < 1.29 is 42.1 Å². The number of nitrogens with zero attached hydrogens (tertiary/aromatic N) is 1. The molecule has 0 bridgehead atoms. The first kappa shape index (κ1) is 65.4. The van der Waals surface area contributed by atoms with E-state index in [9.17, 15) is 19.0 Å². The summed E-state index contributed by atoms with van der Waals surface area (Å²) in [5.41, 5.74) is 0. The highest BCUT2D eigenvalue weighted by atomic mass is 31.2. The van der Waals surface area contributed by atoms with Gasteiger partial charge in [0, 0.05) is 12.8 Å². The lowest BCUT2D eigenvalue weighted by Crippen LogP contribution is -2.37. The van der Waals surface area contributed by atoms with E-state index in [1.54, 1.807) is 0 Å². The summed E-state index contributed by atoms with van der Waals surface area (Å²) >= 11 is 0. The topological polar surface area (TPSA) is 108 Å². The predicted octanol–water partition coefficient (Wildman–Crippen LogP) is 16.4. The summed E-state index contributed by atoms with van der Waals surface area (Å²) in [4.78, 5) is 35.4. The third kappa shape index (κ3) is 53.6. The van der Waals surface area contributed by atoms with Gasteiger partial charge >= 0.3 is 19.8 Å². The van der Waals surface area contributed by atoms with Crippen LogP contribution in [0.1, 0.15) is 187 Å². The Bertz CT molecular complexity index is 1580. The Labute approximate surface area is 422 Å². The second kappa shape index (κ2) is 49.4. The van der Waals surface area contributed by atoms with Crippen molar-refractivity contribution in [2.45, 2.75) is 193 Å². The van der Waals surface area contributed by atoms with E-state index < -0.39 is 26.5 Å². The average Bonchev–Trinajstić information content (AvgIpc) is 3.31. The van der Waals surface area contributed by atoms with Gasteiger partial charge < -0.3 is 18.9 Å². The Kier molecular flexibility index (Phi) is 46.8. The van der Waals surface area contributed by atoms with Gasteiger partial charge in [0.2, 0.25) is 0 Å². The van der Waals surface area contributed by atoms with E-state index >= 15 is 0 Å². The van der Waals surface area contributed by atoms with Gasteiger partial charge in [0.25, 0.3) is 0 Å². The molecule has 0 saturated heterocycles. The Balaban J connectivity index is 4.21. The quantitative estimate of drug-likeness (QED) is 0.0211. The lowest BCUT2D eigenvalue weighted by Gasteiger charge is -2.24. The molecule has 9 nitrogen and oxygen atoms in total. The van der Waals surface area contributed by atoms with Crippen LogP contribution >= 0.6 is 7.82 Å². The standard InChI is InChI=1S/C59H98NO8P/c1-6-8-10-12-14-16-18-19-20-21-22-23-24-25-26-27-28-29-30-31-32-33-34-35-36-37-38-39-40-41-42-44-46-48-50-52-59(62)68-57(56-67-69(63,64)66-54-53-60(3,4)5)55-65-58(61)51-49-47-45-43-17-15-13-11-9-7-2/h8,10,14,16,19-20,22-23,25-26,28-29,31-32,34-35,37-38,40-41,57H,6-7,9,11-13,15,17-18,21,24,27,30,33,36,39,42-56H2,1-5H3/p+1/b10-8-,16-14-,20-19-,23-22-,26-25-,29-28-,32-31-,35-34-,38-37-,41-40-. The maximum Gasteiger partial charge on any atom is 0.472 e. The van der Waals surface area contributed by atoms with Crippen LogP contribution in [-0.2, 0) is 32.7 Å². The predicted molar refractivity (Wildman–Crippen MR) is 293 cm³/mol. The highest BCUT2D eigenvalue weighted by Gasteiger charge is 2.27. The second-order valence-corrected chi connectivity index (χ2v) is 20.0. The summed E-state index contributed by atoms with van der Waals surface area (Å²) in [6.45, 7) is 4.24. The number of ether oxygens (including phenoxy) is 2. The minimum Gasteiger partial charge on any atom is -0.462 e.